The van der Waals surface area contributed by atoms with Gasteiger partial charge >= 0.3 is 0 Å². The molecule has 0 bridgehead atoms. The van der Waals surface area contributed by atoms with Gasteiger partial charge in [-0.15, -0.1) is 0 Å². The Morgan fingerprint density at radius 1 is 1.23 bits per heavy atom. The molecule has 1 atom stereocenters. The van der Waals surface area contributed by atoms with Crippen LogP contribution in [-0.4, -0.2) is 34.2 Å². The van der Waals surface area contributed by atoms with Crippen LogP contribution in [0.25, 0.3) is 0 Å². The summed E-state index contributed by atoms with van der Waals surface area (Å²) in [6.07, 6.45) is 4.29. The minimum absolute atomic E-state index is 0.127. The summed E-state index contributed by atoms with van der Waals surface area (Å²) in [5.41, 5.74) is 1.71. The fourth-order valence-electron chi connectivity index (χ4n) is 2.43. The van der Waals surface area contributed by atoms with Gasteiger partial charge in [-0.2, -0.15) is 5.10 Å². The van der Waals surface area contributed by atoms with Gasteiger partial charge in [-0.25, -0.2) is 0 Å². The quantitative estimate of drug-likeness (QED) is 0.709. The number of carbonyl (C=O) groups is 2. The van der Waals surface area contributed by atoms with Crippen molar-refractivity contribution in [2.45, 2.75) is 38.8 Å². The van der Waals surface area contributed by atoms with E-state index in [2.05, 4.69) is 21.0 Å². The van der Waals surface area contributed by atoms with Crippen LogP contribution in [0.15, 0.2) is 36.7 Å². The Morgan fingerprint density at radius 2 is 1.88 bits per heavy atom. The Bertz CT molecular complexity index is 764. The van der Waals surface area contributed by atoms with E-state index in [0.717, 1.165) is 12.0 Å². The van der Waals surface area contributed by atoms with Crippen LogP contribution in [0.2, 0.25) is 0 Å². The third-order valence-electron chi connectivity index (χ3n) is 4.36. The summed E-state index contributed by atoms with van der Waals surface area (Å²) in [6.45, 7) is 5.99. The monoisotopic (exact) mass is 357 g/mol. The highest BCUT2D eigenvalue weighted by Gasteiger charge is 2.21. The van der Waals surface area contributed by atoms with Crippen molar-refractivity contribution in [3.05, 3.63) is 47.8 Å². The van der Waals surface area contributed by atoms with Gasteiger partial charge in [-0.3, -0.25) is 14.3 Å². The molecule has 0 saturated heterocycles. The van der Waals surface area contributed by atoms with Crippen LogP contribution in [0.4, 0.5) is 5.69 Å². The molecule has 1 unspecified atom stereocenters. The number of aromatic nitrogens is 2. The first-order chi connectivity index (χ1) is 12.3. The van der Waals surface area contributed by atoms with E-state index in [1.165, 1.54) is 0 Å². The van der Waals surface area contributed by atoms with Crippen LogP contribution in [-0.2, 0) is 11.8 Å². The lowest BCUT2D eigenvalue weighted by atomic mass is 10.0. The average molecular weight is 357 g/mol. The first kappa shape index (κ1) is 19.7. The summed E-state index contributed by atoms with van der Waals surface area (Å²) in [5.74, 6) is -0.317. The van der Waals surface area contributed by atoms with E-state index in [1.54, 1.807) is 55.4 Å². The normalized spacial score (nSPS) is 12.5. The molecule has 0 aliphatic carbocycles. The maximum atomic E-state index is 12.5. The number of hydrogen-bond donors (Lipinski definition) is 3. The highest BCUT2D eigenvalue weighted by Crippen LogP contribution is 2.16. The predicted molar refractivity (Wildman–Crippen MR) is 102 cm³/mol. The van der Waals surface area contributed by atoms with Crippen LogP contribution in [0.5, 0.6) is 0 Å². The summed E-state index contributed by atoms with van der Waals surface area (Å²) in [4.78, 5) is 24.8. The minimum atomic E-state index is -0.503. The van der Waals surface area contributed by atoms with E-state index in [9.17, 15) is 9.59 Å². The van der Waals surface area contributed by atoms with Gasteiger partial charge in [-0.1, -0.05) is 6.92 Å². The molecule has 0 saturated carbocycles. The maximum absolute atomic E-state index is 12.5. The molecule has 2 rings (SSSR count). The zero-order valence-corrected chi connectivity index (χ0v) is 16.0. The third kappa shape index (κ3) is 4.92. The summed E-state index contributed by atoms with van der Waals surface area (Å²) >= 11 is 0. The SMILES string of the molecule is CCC(C)(C)NC(=O)c1ccc(NC(=O)C(NC)c2cnn(C)c2)cc1. The number of rotatable bonds is 7. The third-order valence-corrected chi connectivity index (χ3v) is 4.36. The summed E-state index contributed by atoms with van der Waals surface area (Å²) in [5, 5.41) is 12.9. The molecule has 3 N–H and O–H groups in total. The van der Waals surface area contributed by atoms with Crippen molar-refractivity contribution in [3.8, 4) is 0 Å². The van der Waals surface area contributed by atoms with Gasteiger partial charge in [-0.05, 0) is 51.6 Å². The second-order valence-corrected chi connectivity index (χ2v) is 6.93. The van der Waals surface area contributed by atoms with E-state index in [4.69, 9.17) is 0 Å². The standard InChI is InChI=1S/C19H27N5O2/c1-6-19(2,3)23-17(25)13-7-9-15(10-8-13)22-18(26)16(20-4)14-11-21-24(5)12-14/h7-12,16,20H,6H2,1-5H3,(H,22,26)(H,23,25). The Balaban J connectivity index is 2.04. The van der Waals surface area contributed by atoms with Crippen LogP contribution < -0.4 is 16.0 Å². The van der Waals surface area contributed by atoms with Gasteiger partial charge in [0.15, 0.2) is 0 Å². The summed E-state index contributed by atoms with van der Waals surface area (Å²) in [6, 6.07) is 6.35. The van der Waals surface area contributed by atoms with Gasteiger partial charge in [0.05, 0.1) is 6.20 Å². The van der Waals surface area contributed by atoms with E-state index in [1.807, 2.05) is 20.8 Å². The second-order valence-electron chi connectivity index (χ2n) is 6.93. The number of likely N-dealkylation sites (N-methyl/N-ethyl adjacent to an activating group) is 1. The van der Waals surface area contributed by atoms with Crippen LogP contribution in [0.1, 0.15) is 49.2 Å². The topological polar surface area (TPSA) is 88.1 Å². The maximum Gasteiger partial charge on any atom is 0.251 e. The van der Waals surface area contributed by atoms with Gasteiger partial charge < -0.3 is 16.0 Å². The summed E-state index contributed by atoms with van der Waals surface area (Å²) < 4.78 is 1.65. The Kier molecular flexibility index (Phi) is 6.15. The van der Waals surface area contributed by atoms with Crippen molar-refractivity contribution >= 4 is 17.5 Å². The van der Waals surface area contributed by atoms with Crippen LogP contribution in [0, 0.1) is 0 Å². The molecule has 2 amide bonds. The molecule has 0 spiro atoms. The van der Waals surface area contributed by atoms with Gasteiger partial charge in [0, 0.05) is 35.6 Å². The van der Waals surface area contributed by atoms with Crippen molar-refractivity contribution in [3.63, 3.8) is 0 Å². The van der Waals surface area contributed by atoms with Crippen LogP contribution >= 0.6 is 0 Å². The highest BCUT2D eigenvalue weighted by atomic mass is 16.2. The zero-order chi connectivity index (χ0) is 19.3. The molecule has 1 heterocycles. The van der Waals surface area contributed by atoms with E-state index >= 15 is 0 Å². The number of nitrogens with zero attached hydrogens (tertiary/aromatic N) is 2. The molecule has 1 aromatic carbocycles. The molecular weight excluding hydrogens is 330 g/mol. The zero-order valence-electron chi connectivity index (χ0n) is 16.0. The van der Waals surface area contributed by atoms with Crippen molar-refractivity contribution in [2.75, 3.05) is 12.4 Å². The second kappa shape index (κ2) is 8.14. The van der Waals surface area contributed by atoms with Crippen molar-refractivity contribution in [2.24, 2.45) is 7.05 Å². The molecule has 1 aromatic heterocycles. The molecular formula is C19H27N5O2. The Morgan fingerprint density at radius 3 is 2.38 bits per heavy atom. The summed E-state index contributed by atoms with van der Waals surface area (Å²) in [7, 11) is 3.53. The lowest BCUT2D eigenvalue weighted by Crippen LogP contribution is -2.42. The highest BCUT2D eigenvalue weighted by molar-refractivity contribution is 5.97. The van der Waals surface area contributed by atoms with Gasteiger partial charge in [0.25, 0.3) is 5.91 Å². The van der Waals surface area contributed by atoms with E-state index < -0.39 is 6.04 Å². The first-order valence-electron chi connectivity index (χ1n) is 8.65. The molecule has 2 aromatic rings. The molecule has 0 aliphatic rings. The number of hydrogen-bond acceptors (Lipinski definition) is 4. The van der Waals surface area contributed by atoms with Crippen molar-refractivity contribution in [1.29, 1.82) is 0 Å². The van der Waals surface area contributed by atoms with Crippen molar-refractivity contribution < 1.29 is 9.59 Å². The number of nitrogens with one attached hydrogen (secondary N) is 3. The molecule has 26 heavy (non-hydrogen) atoms. The number of amides is 2. The number of benzene rings is 1. The Labute approximate surface area is 154 Å². The van der Waals surface area contributed by atoms with Gasteiger partial charge in [0.2, 0.25) is 5.91 Å². The predicted octanol–water partition coefficient (Wildman–Crippen LogP) is 2.24. The molecule has 140 valence electrons. The number of carbonyl (C=O) groups excluding carboxylic acids is 2. The molecule has 7 nitrogen and oxygen atoms in total. The largest absolute Gasteiger partial charge is 0.347 e. The number of aryl methyl sites for hydroxylation is 1. The molecule has 0 fully saturated rings. The minimum Gasteiger partial charge on any atom is -0.347 e. The molecule has 0 aliphatic heterocycles. The smallest absolute Gasteiger partial charge is 0.251 e. The van der Waals surface area contributed by atoms with Crippen molar-refractivity contribution in [1.82, 2.24) is 20.4 Å². The lowest BCUT2D eigenvalue weighted by molar-refractivity contribution is -0.118. The van der Waals surface area contributed by atoms with Gasteiger partial charge in [0.1, 0.15) is 6.04 Å². The lowest BCUT2D eigenvalue weighted by Gasteiger charge is -2.24. The van der Waals surface area contributed by atoms with Crippen LogP contribution in [0.3, 0.4) is 0 Å². The molecule has 0 radical (unpaired) electrons. The Hall–Kier alpha value is -2.67. The average Bonchev–Trinajstić information content (AvgIpc) is 3.02. The first-order valence-corrected chi connectivity index (χ1v) is 8.65. The fourth-order valence-corrected chi connectivity index (χ4v) is 2.43. The number of anilines is 1. The fraction of sp³-hybridized carbons (Fsp3) is 0.421. The van der Waals surface area contributed by atoms with E-state index in [-0.39, 0.29) is 17.4 Å². The molecule has 7 heteroatoms. The van der Waals surface area contributed by atoms with E-state index in [0.29, 0.717) is 11.3 Å².